The van der Waals surface area contributed by atoms with Crippen molar-refractivity contribution in [3.63, 3.8) is 0 Å². The Kier molecular flexibility index (Phi) is 6.64. The Bertz CT molecular complexity index is 555. The normalized spacial score (nSPS) is 21.7. The fourth-order valence-corrected chi connectivity index (χ4v) is 3.86. The summed E-state index contributed by atoms with van der Waals surface area (Å²) in [6.45, 7) is 1.93. The van der Waals surface area contributed by atoms with Crippen LogP contribution in [-0.4, -0.2) is 24.5 Å². The van der Waals surface area contributed by atoms with Crippen molar-refractivity contribution >= 4 is 45.2 Å². The molecule has 4 nitrogen and oxygen atoms in total. The van der Waals surface area contributed by atoms with Crippen LogP contribution in [0.1, 0.15) is 37.5 Å². The predicted octanol–water partition coefficient (Wildman–Crippen LogP) is 3.76. The molecule has 0 unspecified atom stereocenters. The van der Waals surface area contributed by atoms with Gasteiger partial charge < -0.3 is 10.1 Å². The third-order valence-corrected chi connectivity index (χ3v) is 5.37. The van der Waals surface area contributed by atoms with E-state index < -0.39 is 5.97 Å². The molecule has 1 saturated carbocycles. The summed E-state index contributed by atoms with van der Waals surface area (Å²) in [7, 11) is 0. The second-order valence-electron chi connectivity index (χ2n) is 5.52. The van der Waals surface area contributed by atoms with Crippen molar-refractivity contribution in [2.24, 2.45) is 5.92 Å². The van der Waals surface area contributed by atoms with Crippen LogP contribution in [0.3, 0.4) is 0 Å². The van der Waals surface area contributed by atoms with Gasteiger partial charge in [-0.1, -0.05) is 19.8 Å². The van der Waals surface area contributed by atoms with Crippen LogP contribution in [0.15, 0.2) is 22.0 Å². The Balaban J connectivity index is 1.71. The van der Waals surface area contributed by atoms with Gasteiger partial charge in [0.1, 0.15) is 0 Å². The summed E-state index contributed by atoms with van der Waals surface area (Å²) in [6.07, 6.45) is 7.55. The van der Waals surface area contributed by atoms with Crippen molar-refractivity contribution in [1.29, 1.82) is 0 Å². The highest BCUT2D eigenvalue weighted by atomic mass is 79.9. The molecular weight excluding hydrogens is 366 g/mol. The summed E-state index contributed by atoms with van der Waals surface area (Å²) in [5.74, 6) is -0.235. The zero-order valence-corrected chi connectivity index (χ0v) is 14.9. The molecular formula is C16H20BrNO3S. The number of thiophene rings is 1. The van der Waals surface area contributed by atoms with E-state index in [-0.39, 0.29) is 18.6 Å². The molecule has 1 aliphatic carbocycles. The van der Waals surface area contributed by atoms with Crippen molar-refractivity contribution in [1.82, 2.24) is 5.32 Å². The molecule has 1 aromatic heterocycles. The first-order chi connectivity index (χ1) is 10.5. The first-order valence-electron chi connectivity index (χ1n) is 7.44. The first-order valence-corrected chi connectivity index (χ1v) is 9.05. The molecule has 1 aromatic rings. The molecule has 0 bridgehead atoms. The van der Waals surface area contributed by atoms with Crippen molar-refractivity contribution in [3.8, 4) is 0 Å². The third kappa shape index (κ3) is 5.57. The number of carbonyl (C=O) groups excluding carboxylic acids is 2. The molecule has 2 atom stereocenters. The molecule has 1 heterocycles. The highest BCUT2D eigenvalue weighted by Crippen LogP contribution is 2.24. The van der Waals surface area contributed by atoms with Gasteiger partial charge in [0.05, 0.1) is 3.79 Å². The fraction of sp³-hybridized carbons (Fsp3) is 0.500. The Morgan fingerprint density at radius 2 is 2.18 bits per heavy atom. The van der Waals surface area contributed by atoms with Gasteiger partial charge in [0.15, 0.2) is 6.61 Å². The van der Waals surface area contributed by atoms with Gasteiger partial charge in [-0.3, -0.25) is 4.79 Å². The Morgan fingerprint density at radius 3 is 2.86 bits per heavy atom. The summed E-state index contributed by atoms with van der Waals surface area (Å²) in [5.41, 5.74) is 0. The number of nitrogens with one attached hydrogen (secondary N) is 1. The third-order valence-electron chi connectivity index (χ3n) is 3.78. The molecule has 0 radical (unpaired) electrons. The van der Waals surface area contributed by atoms with E-state index in [1.54, 1.807) is 6.08 Å². The second-order valence-corrected chi connectivity index (χ2v) is 8.01. The highest BCUT2D eigenvalue weighted by molar-refractivity contribution is 9.11. The number of esters is 1. The van der Waals surface area contributed by atoms with E-state index in [0.29, 0.717) is 5.92 Å². The average molecular weight is 386 g/mol. The topological polar surface area (TPSA) is 55.4 Å². The van der Waals surface area contributed by atoms with Gasteiger partial charge in [0, 0.05) is 17.0 Å². The van der Waals surface area contributed by atoms with Crippen LogP contribution >= 0.6 is 27.3 Å². The van der Waals surface area contributed by atoms with Crippen LogP contribution < -0.4 is 5.32 Å². The molecule has 0 aliphatic heterocycles. The number of ether oxygens (including phenoxy) is 1. The number of halogens is 1. The Labute approximate surface area is 143 Å². The second kappa shape index (κ2) is 8.48. The predicted molar refractivity (Wildman–Crippen MR) is 91.6 cm³/mol. The van der Waals surface area contributed by atoms with Crippen molar-refractivity contribution in [3.05, 3.63) is 26.9 Å². The molecule has 22 heavy (non-hydrogen) atoms. The number of rotatable bonds is 5. The maximum absolute atomic E-state index is 11.8. The average Bonchev–Trinajstić information content (AvgIpc) is 2.91. The molecule has 0 saturated heterocycles. The van der Waals surface area contributed by atoms with Crippen LogP contribution in [0.5, 0.6) is 0 Å². The molecule has 1 aliphatic rings. The van der Waals surface area contributed by atoms with Gasteiger partial charge in [-0.25, -0.2) is 4.79 Å². The number of hydrogen-bond donors (Lipinski definition) is 1. The highest BCUT2D eigenvalue weighted by Gasteiger charge is 2.22. The summed E-state index contributed by atoms with van der Waals surface area (Å²) in [4.78, 5) is 24.4. The van der Waals surface area contributed by atoms with Crippen molar-refractivity contribution < 1.29 is 14.3 Å². The van der Waals surface area contributed by atoms with Gasteiger partial charge in [0.2, 0.25) is 0 Å². The van der Waals surface area contributed by atoms with Gasteiger partial charge >= 0.3 is 5.97 Å². The van der Waals surface area contributed by atoms with Crippen LogP contribution in [0.25, 0.3) is 6.08 Å². The lowest BCUT2D eigenvalue weighted by Gasteiger charge is -2.29. The molecule has 0 spiro atoms. The zero-order chi connectivity index (χ0) is 15.9. The maximum atomic E-state index is 11.8. The van der Waals surface area contributed by atoms with Gasteiger partial charge in [-0.2, -0.15) is 0 Å². The monoisotopic (exact) mass is 385 g/mol. The minimum atomic E-state index is -0.503. The Hall–Kier alpha value is -1.14. The van der Waals surface area contributed by atoms with Crippen molar-refractivity contribution in [2.75, 3.05) is 6.61 Å². The number of carbonyl (C=O) groups is 2. The maximum Gasteiger partial charge on any atom is 0.331 e. The first kappa shape index (κ1) is 17.2. The molecule has 0 aromatic carbocycles. The summed E-state index contributed by atoms with van der Waals surface area (Å²) < 4.78 is 5.97. The van der Waals surface area contributed by atoms with E-state index >= 15 is 0 Å². The smallest absolute Gasteiger partial charge is 0.331 e. The zero-order valence-electron chi connectivity index (χ0n) is 12.5. The molecule has 1 N–H and O–H groups in total. The van der Waals surface area contributed by atoms with E-state index in [2.05, 4.69) is 28.2 Å². The van der Waals surface area contributed by atoms with Gasteiger partial charge in [-0.15, -0.1) is 11.3 Å². The minimum absolute atomic E-state index is 0.207. The standard InChI is InChI=1S/C16H20BrNO3S/c1-11-4-2-3-5-13(11)18-15(19)10-21-16(20)9-7-12-6-8-14(17)22-12/h6-9,11,13H,2-5,10H2,1H3,(H,18,19)/b9-7+/t11-,13+/m1/s1. The quantitative estimate of drug-likeness (QED) is 0.619. The lowest BCUT2D eigenvalue weighted by atomic mass is 9.86. The molecule has 1 amide bonds. The lowest BCUT2D eigenvalue weighted by Crippen LogP contribution is -2.42. The lowest BCUT2D eigenvalue weighted by molar-refractivity contribution is -0.144. The summed E-state index contributed by atoms with van der Waals surface area (Å²) in [6, 6.07) is 4.02. The largest absolute Gasteiger partial charge is 0.452 e. The van der Waals surface area contributed by atoms with Gasteiger partial charge in [0.25, 0.3) is 5.91 Å². The minimum Gasteiger partial charge on any atom is -0.452 e. The van der Waals surface area contributed by atoms with Crippen molar-refractivity contribution in [2.45, 2.75) is 38.6 Å². The van der Waals surface area contributed by atoms with Crippen LogP contribution in [0.4, 0.5) is 0 Å². The molecule has 120 valence electrons. The van der Waals surface area contributed by atoms with E-state index in [4.69, 9.17) is 4.74 Å². The fourth-order valence-electron chi connectivity index (χ4n) is 2.53. The summed E-state index contributed by atoms with van der Waals surface area (Å²) >= 11 is 4.88. The molecule has 2 rings (SSSR count). The molecule has 6 heteroatoms. The van der Waals surface area contributed by atoms with E-state index in [9.17, 15) is 9.59 Å². The van der Waals surface area contributed by atoms with Crippen LogP contribution in [0, 0.1) is 5.92 Å². The Morgan fingerprint density at radius 1 is 1.41 bits per heavy atom. The van der Waals surface area contributed by atoms with Crippen LogP contribution in [-0.2, 0) is 14.3 Å². The van der Waals surface area contributed by atoms with E-state index in [1.165, 1.54) is 23.8 Å². The SMILES string of the molecule is C[C@@H]1CCCC[C@@H]1NC(=O)COC(=O)/C=C/c1ccc(Br)s1. The van der Waals surface area contributed by atoms with E-state index in [1.807, 2.05) is 12.1 Å². The number of hydrogen-bond acceptors (Lipinski definition) is 4. The van der Waals surface area contributed by atoms with Gasteiger partial charge in [-0.05, 0) is 52.9 Å². The molecule has 1 fully saturated rings. The van der Waals surface area contributed by atoms with E-state index in [0.717, 1.165) is 27.9 Å². The van der Waals surface area contributed by atoms with Crippen LogP contribution in [0.2, 0.25) is 0 Å². The number of amides is 1. The summed E-state index contributed by atoms with van der Waals surface area (Å²) in [5, 5.41) is 2.96.